The monoisotopic (exact) mass is 220 g/mol. The van der Waals surface area contributed by atoms with E-state index in [0.717, 1.165) is 0 Å². The van der Waals surface area contributed by atoms with Crippen molar-refractivity contribution in [2.24, 2.45) is 0 Å². The number of alkyl halides is 1. The molecule has 0 saturated heterocycles. The van der Waals surface area contributed by atoms with E-state index >= 15 is 0 Å². The van der Waals surface area contributed by atoms with Crippen molar-refractivity contribution in [2.45, 2.75) is 16.8 Å². The Morgan fingerprint density at radius 2 is 1.62 bits per heavy atom. The second kappa shape index (κ2) is 4.86. The molecule has 0 saturated carbocycles. The maximum Gasteiger partial charge on any atom is 0.0633 e. The van der Waals surface area contributed by atoms with Crippen LogP contribution in [-0.2, 0) is 0 Å². The molecule has 0 atom stereocenters. The van der Waals surface area contributed by atoms with Crippen LogP contribution in [0.3, 0.4) is 0 Å². The van der Waals surface area contributed by atoms with Gasteiger partial charge in [0.1, 0.15) is 0 Å². The average molecular weight is 220 g/mol. The zero-order chi connectivity index (χ0) is 6.41. The highest BCUT2D eigenvalue weighted by atomic mass is 127. The summed E-state index contributed by atoms with van der Waals surface area (Å²) >= 11 is 2.10. The molecule has 0 unspecified atom stereocenters. The highest BCUT2D eigenvalue weighted by Gasteiger charge is 1.99. The molecule has 2 nitrogen and oxygen atoms in total. The molecule has 0 spiro atoms. The molecule has 0 N–H and O–H groups in total. The Bertz CT molecular complexity index is 114. The maximum atomic E-state index is 8.10. The summed E-state index contributed by atoms with van der Waals surface area (Å²) < 4.78 is 0.211. The third-order valence-corrected chi connectivity index (χ3v) is 1.51. The van der Waals surface area contributed by atoms with Gasteiger partial charge in [0.2, 0.25) is 0 Å². The summed E-state index contributed by atoms with van der Waals surface area (Å²) in [5.74, 6) is 0. The van der Waals surface area contributed by atoms with Crippen LogP contribution in [0.25, 0.3) is 0 Å². The van der Waals surface area contributed by atoms with Gasteiger partial charge in [0.25, 0.3) is 0 Å². The predicted molar refractivity (Wildman–Crippen MR) is 38.3 cm³/mol. The molecule has 0 aromatic carbocycles. The van der Waals surface area contributed by atoms with Crippen molar-refractivity contribution < 1.29 is 0 Å². The summed E-state index contributed by atoms with van der Waals surface area (Å²) in [6.45, 7) is 0. The summed E-state index contributed by atoms with van der Waals surface area (Å²) in [6, 6.07) is 3.99. The summed E-state index contributed by atoms with van der Waals surface area (Å²) in [5.41, 5.74) is 0. The van der Waals surface area contributed by atoms with E-state index in [1.54, 1.807) is 0 Å². The zero-order valence-corrected chi connectivity index (χ0v) is 6.42. The van der Waals surface area contributed by atoms with Gasteiger partial charge in [-0.05, 0) is 0 Å². The molecule has 0 rings (SSSR count). The highest BCUT2D eigenvalue weighted by Crippen LogP contribution is 2.07. The van der Waals surface area contributed by atoms with Crippen LogP contribution >= 0.6 is 22.6 Å². The van der Waals surface area contributed by atoms with Crippen LogP contribution < -0.4 is 0 Å². The molecule has 42 valence electrons. The third-order valence-electron chi connectivity index (χ3n) is 0.626. The Kier molecular flexibility index (Phi) is 4.68. The van der Waals surface area contributed by atoms with Crippen molar-refractivity contribution in [3.8, 4) is 12.1 Å². The number of hydrogen-bond donors (Lipinski definition) is 0. The van der Waals surface area contributed by atoms with Gasteiger partial charge in [-0.1, -0.05) is 22.6 Å². The van der Waals surface area contributed by atoms with Gasteiger partial charge in [0, 0.05) is 16.8 Å². The van der Waals surface area contributed by atoms with Crippen molar-refractivity contribution in [3.63, 3.8) is 0 Å². The Hall–Kier alpha value is -0.290. The fraction of sp³-hybridized carbons (Fsp3) is 0.600. The number of rotatable bonds is 2. The van der Waals surface area contributed by atoms with Crippen LogP contribution in [0.4, 0.5) is 0 Å². The molecule has 0 aliphatic carbocycles. The lowest BCUT2D eigenvalue weighted by molar-refractivity contribution is 0.941. The Balaban J connectivity index is 3.25. The normalized spacial score (nSPS) is 8.00. The van der Waals surface area contributed by atoms with Crippen LogP contribution in [0.5, 0.6) is 0 Å². The van der Waals surface area contributed by atoms with E-state index in [4.69, 9.17) is 10.5 Å². The quantitative estimate of drug-likeness (QED) is 0.524. The minimum atomic E-state index is 0.211. The van der Waals surface area contributed by atoms with E-state index in [-0.39, 0.29) is 3.92 Å². The van der Waals surface area contributed by atoms with Crippen molar-refractivity contribution >= 4 is 22.6 Å². The molecule has 0 bridgehead atoms. The predicted octanol–water partition coefficient (Wildman–Crippen LogP) is 1.62. The van der Waals surface area contributed by atoms with Gasteiger partial charge in [-0.15, -0.1) is 0 Å². The fourth-order valence-electron chi connectivity index (χ4n) is 0.270. The van der Waals surface area contributed by atoms with Gasteiger partial charge in [0.15, 0.2) is 0 Å². The molecule has 0 aromatic rings. The Morgan fingerprint density at radius 1 is 1.25 bits per heavy atom. The van der Waals surface area contributed by atoms with Gasteiger partial charge in [-0.3, -0.25) is 0 Å². The molecule has 3 heteroatoms. The minimum absolute atomic E-state index is 0.211. The van der Waals surface area contributed by atoms with Crippen molar-refractivity contribution in [1.82, 2.24) is 0 Å². The summed E-state index contributed by atoms with van der Waals surface area (Å²) in [7, 11) is 0. The molecule has 0 fully saturated rings. The minimum Gasteiger partial charge on any atom is -0.198 e. The Morgan fingerprint density at radius 3 is 1.88 bits per heavy atom. The largest absolute Gasteiger partial charge is 0.198 e. The first-order chi connectivity index (χ1) is 3.81. The van der Waals surface area contributed by atoms with E-state index in [9.17, 15) is 0 Å². The lowest BCUT2D eigenvalue weighted by Crippen LogP contribution is -1.91. The van der Waals surface area contributed by atoms with Gasteiger partial charge < -0.3 is 0 Å². The van der Waals surface area contributed by atoms with Crippen LogP contribution in [0.1, 0.15) is 12.8 Å². The van der Waals surface area contributed by atoms with Crippen molar-refractivity contribution in [1.29, 1.82) is 10.5 Å². The standard InChI is InChI=1S/C5H5IN2/c6-5(1-3-7)2-4-8/h5H,1-2H2. The lowest BCUT2D eigenvalue weighted by Gasteiger charge is -1.92. The SMILES string of the molecule is N#CCC(I)CC#N. The number of nitriles is 2. The molecule has 0 amide bonds. The molecule has 0 aromatic heterocycles. The van der Waals surface area contributed by atoms with Crippen molar-refractivity contribution in [3.05, 3.63) is 0 Å². The molecule has 8 heavy (non-hydrogen) atoms. The smallest absolute Gasteiger partial charge is 0.0633 e. The molecular weight excluding hydrogens is 215 g/mol. The van der Waals surface area contributed by atoms with E-state index in [0.29, 0.717) is 12.8 Å². The van der Waals surface area contributed by atoms with E-state index in [1.165, 1.54) is 0 Å². The molecular formula is C5H5IN2. The first-order valence-corrected chi connectivity index (χ1v) is 3.43. The molecule has 0 radical (unpaired) electrons. The van der Waals surface area contributed by atoms with E-state index < -0.39 is 0 Å². The van der Waals surface area contributed by atoms with E-state index in [2.05, 4.69) is 22.6 Å². The number of hydrogen-bond acceptors (Lipinski definition) is 2. The zero-order valence-electron chi connectivity index (χ0n) is 4.26. The van der Waals surface area contributed by atoms with Gasteiger partial charge in [0.05, 0.1) is 12.1 Å². The topological polar surface area (TPSA) is 47.6 Å². The van der Waals surface area contributed by atoms with Crippen LogP contribution in [0.2, 0.25) is 0 Å². The second-order valence-electron chi connectivity index (χ2n) is 1.32. The summed E-state index contributed by atoms with van der Waals surface area (Å²) in [4.78, 5) is 0. The first-order valence-electron chi connectivity index (χ1n) is 2.19. The second-order valence-corrected chi connectivity index (χ2v) is 3.08. The number of halogens is 1. The highest BCUT2D eigenvalue weighted by molar-refractivity contribution is 14.1. The molecule has 0 heterocycles. The molecule has 0 aliphatic rings. The van der Waals surface area contributed by atoms with Crippen LogP contribution in [-0.4, -0.2) is 3.92 Å². The molecule has 0 aliphatic heterocycles. The van der Waals surface area contributed by atoms with E-state index in [1.807, 2.05) is 12.1 Å². The maximum absolute atomic E-state index is 8.10. The summed E-state index contributed by atoms with van der Waals surface area (Å²) in [6.07, 6.45) is 0.961. The third kappa shape index (κ3) is 3.89. The van der Waals surface area contributed by atoms with Crippen LogP contribution in [0.15, 0.2) is 0 Å². The Labute approximate surface area is 62.2 Å². The van der Waals surface area contributed by atoms with Gasteiger partial charge >= 0.3 is 0 Å². The van der Waals surface area contributed by atoms with Crippen LogP contribution in [0, 0.1) is 22.7 Å². The van der Waals surface area contributed by atoms with Gasteiger partial charge in [-0.25, -0.2) is 0 Å². The van der Waals surface area contributed by atoms with Gasteiger partial charge in [-0.2, -0.15) is 10.5 Å². The fourth-order valence-corrected chi connectivity index (χ4v) is 0.664. The van der Waals surface area contributed by atoms with Crippen molar-refractivity contribution in [2.75, 3.05) is 0 Å². The summed E-state index contributed by atoms with van der Waals surface area (Å²) in [5, 5.41) is 16.2. The average Bonchev–Trinajstić information content (AvgIpc) is 1.68. The lowest BCUT2D eigenvalue weighted by atomic mass is 10.3. The first kappa shape index (κ1) is 7.71. The number of nitrogens with zero attached hydrogens (tertiary/aromatic N) is 2.